The molecule has 0 bridgehead atoms. The molecule has 0 saturated carbocycles. The van der Waals surface area contributed by atoms with Crippen LogP contribution in [0.1, 0.15) is 25.3 Å². The Morgan fingerprint density at radius 3 is 2.45 bits per heavy atom. The summed E-state index contributed by atoms with van der Waals surface area (Å²) in [6.07, 6.45) is 0.541. The molecule has 1 atom stereocenters. The van der Waals surface area contributed by atoms with Crippen LogP contribution < -0.4 is 19.7 Å². The summed E-state index contributed by atoms with van der Waals surface area (Å²) >= 11 is 6.24. The number of rotatable bonds is 9. The lowest BCUT2D eigenvalue weighted by atomic mass is 9.95. The Labute approximate surface area is 251 Å². The minimum atomic E-state index is -3.79. The Morgan fingerprint density at radius 1 is 1.02 bits per heavy atom. The molecule has 3 aromatic rings. The summed E-state index contributed by atoms with van der Waals surface area (Å²) < 4.78 is 39.4. The fourth-order valence-corrected chi connectivity index (χ4v) is 7.09. The summed E-state index contributed by atoms with van der Waals surface area (Å²) in [6.45, 7) is 3.16. The van der Waals surface area contributed by atoms with E-state index in [2.05, 4.69) is 5.32 Å². The van der Waals surface area contributed by atoms with Gasteiger partial charge in [-0.05, 0) is 62.1 Å². The molecule has 0 aliphatic carbocycles. The summed E-state index contributed by atoms with van der Waals surface area (Å²) in [7, 11) is -3.79. The molecule has 5 rings (SSSR count). The van der Waals surface area contributed by atoms with Crippen LogP contribution in [0.4, 0.5) is 5.69 Å². The summed E-state index contributed by atoms with van der Waals surface area (Å²) in [4.78, 5) is 28.5. The van der Waals surface area contributed by atoms with Gasteiger partial charge in [-0.2, -0.15) is 4.31 Å². The molecule has 0 unspecified atom stereocenters. The van der Waals surface area contributed by atoms with Gasteiger partial charge < -0.3 is 19.7 Å². The van der Waals surface area contributed by atoms with E-state index in [4.69, 9.17) is 21.1 Å². The summed E-state index contributed by atoms with van der Waals surface area (Å²) in [5, 5.41) is 3.16. The van der Waals surface area contributed by atoms with Gasteiger partial charge in [-0.25, -0.2) is 8.42 Å². The van der Waals surface area contributed by atoms with E-state index in [1.54, 1.807) is 29.2 Å². The molecule has 222 valence electrons. The predicted molar refractivity (Wildman–Crippen MR) is 160 cm³/mol. The Hall–Kier alpha value is -3.60. The number of hydrogen-bond acceptors (Lipinski definition) is 6. The van der Waals surface area contributed by atoms with Crippen molar-refractivity contribution in [3.8, 4) is 11.5 Å². The van der Waals surface area contributed by atoms with Crippen molar-refractivity contribution in [1.29, 1.82) is 0 Å². The van der Waals surface area contributed by atoms with Crippen molar-refractivity contribution in [3.63, 3.8) is 0 Å². The standard InChI is InChI=1S/C31H34ClN3O6S/c1-2-40-27-13-12-24(20-25(27)32)42(38,39)34-18-15-23(16-19-34)31(37)35-21-29(41-28-11-7-6-10-26(28)35)30(36)33-17-14-22-8-4-3-5-9-22/h3-13,20,23,29H,2,14-19,21H2,1H3,(H,33,36)/t29-/m1/s1. The van der Waals surface area contributed by atoms with Gasteiger partial charge in [-0.1, -0.05) is 54.1 Å². The predicted octanol–water partition coefficient (Wildman–Crippen LogP) is 4.29. The van der Waals surface area contributed by atoms with E-state index in [9.17, 15) is 18.0 Å². The smallest absolute Gasteiger partial charge is 0.262 e. The van der Waals surface area contributed by atoms with Crippen LogP contribution in [0.25, 0.3) is 0 Å². The number of para-hydroxylation sites is 2. The first kappa shape index (κ1) is 29.9. The highest BCUT2D eigenvalue weighted by atomic mass is 35.5. The molecule has 1 fully saturated rings. The van der Waals surface area contributed by atoms with Crippen LogP contribution in [0, 0.1) is 5.92 Å². The van der Waals surface area contributed by atoms with Gasteiger partial charge in [0.05, 0.1) is 28.8 Å². The van der Waals surface area contributed by atoms with Crippen molar-refractivity contribution in [2.24, 2.45) is 5.92 Å². The van der Waals surface area contributed by atoms with E-state index in [-0.39, 0.29) is 41.4 Å². The molecule has 2 aliphatic heterocycles. The highest BCUT2D eigenvalue weighted by Crippen LogP contribution is 2.36. The van der Waals surface area contributed by atoms with Crippen molar-refractivity contribution < 1.29 is 27.5 Å². The molecule has 0 spiro atoms. The largest absolute Gasteiger partial charge is 0.492 e. The monoisotopic (exact) mass is 611 g/mol. The second-order valence-electron chi connectivity index (χ2n) is 10.3. The third-order valence-electron chi connectivity index (χ3n) is 7.53. The van der Waals surface area contributed by atoms with Crippen molar-refractivity contribution in [2.45, 2.75) is 37.2 Å². The first-order chi connectivity index (χ1) is 20.3. The third kappa shape index (κ3) is 6.56. The fourth-order valence-electron chi connectivity index (χ4n) is 5.30. The lowest BCUT2D eigenvalue weighted by Crippen LogP contribution is -2.53. The number of nitrogens with zero attached hydrogens (tertiary/aromatic N) is 2. The summed E-state index contributed by atoms with van der Waals surface area (Å²) in [5.41, 5.74) is 1.72. The van der Waals surface area contributed by atoms with E-state index in [1.165, 1.54) is 16.4 Å². The molecular formula is C31H34ClN3O6S. The highest BCUT2D eigenvalue weighted by Gasteiger charge is 2.39. The number of fused-ring (bicyclic) bond motifs is 1. The number of carbonyl (C=O) groups is 2. The number of amides is 2. The summed E-state index contributed by atoms with van der Waals surface area (Å²) in [5.74, 6) is 0.0690. The fraction of sp³-hybridized carbons (Fsp3) is 0.355. The van der Waals surface area contributed by atoms with Crippen LogP contribution in [0.5, 0.6) is 11.5 Å². The Morgan fingerprint density at radius 2 is 1.74 bits per heavy atom. The molecule has 3 aromatic carbocycles. The van der Waals surface area contributed by atoms with E-state index < -0.39 is 22.0 Å². The van der Waals surface area contributed by atoms with Crippen molar-refractivity contribution in [3.05, 3.63) is 83.4 Å². The average Bonchev–Trinajstić information content (AvgIpc) is 3.01. The van der Waals surface area contributed by atoms with E-state index >= 15 is 0 Å². The Kier molecular flexibility index (Phi) is 9.35. The van der Waals surface area contributed by atoms with Crippen LogP contribution in [0.2, 0.25) is 5.02 Å². The number of carbonyl (C=O) groups excluding carboxylic acids is 2. The van der Waals surface area contributed by atoms with Crippen LogP contribution in [-0.2, 0) is 26.0 Å². The topological polar surface area (TPSA) is 105 Å². The Balaban J connectivity index is 1.23. The van der Waals surface area contributed by atoms with Gasteiger partial charge in [0, 0.05) is 25.6 Å². The number of nitrogens with one attached hydrogen (secondary N) is 1. The molecule has 0 radical (unpaired) electrons. The van der Waals surface area contributed by atoms with Crippen molar-refractivity contribution in [2.75, 3.05) is 37.7 Å². The van der Waals surface area contributed by atoms with Gasteiger partial charge in [-0.15, -0.1) is 0 Å². The third-order valence-corrected chi connectivity index (χ3v) is 9.72. The lowest BCUT2D eigenvalue weighted by Gasteiger charge is -2.38. The molecule has 2 amide bonds. The second kappa shape index (κ2) is 13.1. The number of ether oxygens (including phenoxy) is 2. The van der Waals surface area contributed by atoms with Crippen molar-refractivity contribution in [1.82, 2.24) is 9.62 Å². The number of halogens is 1. The number of sulfonamides is 1. The number of anilines is 1. The van der Waals surface area contributed by atoms with Crippen LogP contribution in [-0.4, -0.2) is 63.4 Å². The Bertz CT molecular complexity index is 1530. The number of benzene rings is 3. The lowest BCUT2D eigenvalue weighted by molar-refractivity contribution is -0.129. The molecule has 2 aliphatic rings. The molecule has 1 saturated heterocycles. The first-order valence-corrected chi connectivity index (χ1v) is 15.9. The SMILES string of the molecule is CCOc1ccc(S(=O)(=O)N2CCC(C(=O)N3C[C@H](C(=O)NCCc4ccccc4)Oc4ccccc43)CC2)cc1Cl. The van der Waals surface area contributed by atoms with Gasteiger partial charge in [0.1, 0.15) is 11.5 Å². The zero-order valence-electron chi connectivity index (χ0n) is 23.4. The highest BCUT2D eigenvalue weighted by molar-refractivity contribution is 7.89. The molecule has 2 heterocycles. The minimum Gasteiger partial charge on any atom is -0.492 e. The normalized spacial score (nSPS) is 17.7. The van der Waals surface area contributed by atoms with Gasteiger partial charge in [0.15, 0.2) is 6.10 Å². The maximum absolute atomic E-state index is 13.8. The van der Waals surface area contributed by atoms with Gasteiger partial charge in [-0.3, -0.25) is 9.59 Å². The van der Waals surface area contributed by atoms with E-state index in [0.29, 0.717) is 49.6 Å². The van der Waals surface area contributed by atoms with E-state index in [1.807, 2.05) is 43.3 Å². The molecule has 9 nitrogen and oxygen atoms in total. The zero-order valence-corrected chi connectivity index (χ0v) is 24.9. The maximum Gasteiger partial charge on any atom is 0.262 e. The van der Waals surface area contributed by atoms with Crippen LogP contribution in [0.3, 0.4) is 0 Å². The van der Waals surface area contributed by atoms with Crippen molar-refractivity contribution >= 4 is 39.1 Å². The molecule has 0 aromatic heterocycles. The average molecular weight is 612 g/mol. The van der Waals surface area contributed by atoms with Crippen LogP contribution in [0.15, 0.2) is 77.7 Å². The van der Waals surface area contributed by atoms with Gasteiger partial charge >= 0.3 is 0 Å². The van der Waals surface area contributed by atoms with Gasteiger partial charge in [0.25, 0.3) is 5.91 Å². The van der Waals surface area contributed by atoms with Gasteiger partial charge in [0.2, 0.25) is 15.9 Å². The van der Waals surface area contributed by atoms with Crippen LogP contribution >= 0.6 is 11.6 Å². The minimum absolute atomic E-state index is 0.0796. The first-order valence-electron chi connectivity index (χ1n) is 14.1. The number of piperidine rings is 1. The quantitative estimate of drug-likeness (QED) is 0.387. The molecular weight excluding hydrogens is 578 g/mol. The molecule has 1 N–H and O–H groups in total. The summed E-state index contributed by atoms with van der Waals surface area (Å²) in [6, 6.07) is 21.5. The second-order valence-corrected chi connectivity index (χ2v) is 12.6. The molecule has 11 heteroatoms. The number of hydrogen-bond donors (Lipinski definition) is 1. The van der Waals surface area contributed by atoms with E-state index in [0.717, 1.165) is 5.56 Å². The molecule has 42 heavy (non-hydrogen) atoms. The maximum atomic E-state index is 13.8. The zero-order chi connectivity index (χ0) is 29.7.